The molecule has 16 heavy (non-hydrogen) atoms. The molecule has 0 N–H and O–H groups in total. The van der Waals surface area contributed by atoms with Crippen molar-refractivity contribution >= 4 is 0 Å². The summed E-state index contributed by atoms with van der Waals surface area (Å²) in [5.74, 6) is 6.02. The van der Waals surface area contributed by atoms with Crippen molar-refractivity contribution in [2.45, 2.75) is 19.3 Å². The van der Waals surface area contributed by atoms with Crippen LogP contribution in [-0.2, 0) is 11.2 Å². The number of ether oxygens (including phenoxy) is 1. The lowest BCUT2D eigenvalue weighted by molar-refractivity contribution is 0.206. The molecule has 1 nitrogen and oxygen atoms in total. The molecule has 0 aliphatic rings. The van der Waals surface area contributed by atoms with Crippen molar-refractivity contribution in [3.8, 4) is 11.8 Å². The lowest BCUT2D eigenvalue weighted by Gasteiger charge is -1.95. The van der Waals surface area contributed by atoms with Crippen LogP contribution in [0.2, 0.25) is 0 Å². The molecule has 0 aromatic heterocycles. The van der Waals surface area contributed by atoms with Gasteiger partial charge in [-0.15, -0.1) is 0 Å². The van der Waals surface area contributed by atoms with Crippen molar-refractivity contribution < 1.29 is 4.74 Å². The highest BCUT2D eigenvalue weighted by Gasteiger charge is 1.86. The monoisotopic (exact) mass is 214 g/mol. The zero-order valence-corrected chi connectivity index (χ0v) is 9.78. The van der Waals surface area contributed by atoms with Crippen LogP contribution >= 0.6 is 0 Å². The van der Waals surface area contributed by atoms with Crippen LogP contribution in [0.1, 0.15) is 18.4 Å². The SMILES string of the molecule is COCCC#C/C=C\CCc1ccccc1. The number of aryl methyl sites for hydroxylation is 1. The topological polar surface area (TPSA) is 9.23 Å². The van der Waals surface area contributed by atoms with Crippen LogP contribution in [0, 0.1) is 11.8 Å². The number of hydrogen-bond acceptors (Lipinski definition) is 1. The third-order valence-electron chi connectivity index (χ3n) is 2.18. The van der Waals surface area contributed by atoms with Gasteiger partial charge in [-0.1, -0.05) is 48.2 Å². The van der Waals surface area contributed by atoms with Gasteiger partial charge in [0.2, 0.25) is 0 Å². The molecule has 0 unspecified atom stereocenters. The van der Waals surface area contributed by atoms with Crippen molar-refractivity contribution in [1.29, 1.82) is 0 Å². The van der Waals surface area contributed by atoms with Gasteiger partial charge >= 0.3 is 0 Å². The number of allylic oxidation sites excluding steroid dienone is 2. The molecule has 0 heterocycles. The van der Waals surface area contributed by atoms with Crippen molar-refractivity contribution in [3.63, 3.8) is 0 Å². The van der Waals surface area contributed by atoms with E-state index in [1.165, 1.54) is 5.56 Å². The van der Waals surface area contributed by atoms with Gasteiger partial charge in [-0.2, -0.15) is 0 Å². The van der Waals surface area contributed by atoms with Gasteiger partial charge in [0.15, 0.2) is 0 Å². The fourth-order valence-corrected chi connectivity index (χ4v) is 1.32. The maximum atomic E-state index is 4.90. The number of hydrogen-bond donors (Lipinski definition) is 0. The molecule has 0 aliphatic heterocycles. The Hall–Kier alpha value is -1.52. The normalized spacial score (nSPS) is 10.1. The van der Waals surface area contributed by atoms with Gasteiger partial charge in [-0.25, -0.2) is 0 Å². The standard InChI is InChI=1S/C15H18O/c1-16-14-10-5-3-2-4-7-11-15-12-8-6-9-13-15/h2,4,6,8-9,12-13H,7,10-11,14H2,1H3/b4-2-. The van der Waals surface area contributed by atoms with E-state index in [1.807, 2.05) is 12.1 Å². The number of benzene rings is 1. The lowest BCUT2D eigenvalue weighted by atomic mass is 10.1. The summed E-state index contributed by atoms with van der Waals surface area (Å²) in [5, 5.41) is 0. The Bertz CT molecular complexity index is 354. The molecule has 0 radical (unpaired) electrons. The minimum atomic E-state index is 0.713. The third-order valence-corrected chi connectivity index (χ3v) is 2.18. The molecule has 0 saturated heterocycles. The zero-order valence-electron chi connectivity index (χ0n) is 9.78. The summed E-state index contributed by atoms with van der Waals surface area (Å²) >= 11 is 0. The Labute approximate surface area is 98.1 Å². The van der Waals surface area contributed by atoms with Gasteiger partial charge in [0, 0.05) is 13.5 Å². The van der Waals surface area contributed by atoms with E-state index in [-0.39, 0.29) is 0 Å². The first-order valence-corrected chi connectivity index (χ1v) is 5.59. The van der Waals surface area contributed by atoms with Gasteiger partial charge in [-0.05, 0) is 24.5 Å². The summed E-state index contributed by atoms with van der Waals surface area (Å²) in [7, 11) is 1.69. The second kappa shape index (κ2) is 8.76. The maximum Gasteiger partial charge on any atom is 0.0571 e. The zero-order chi connectivity index (χ0) is 11.5. The van der Waals surface area contributed by atoms with Crippen LogP contribution in [-0.4, -0.2) is 13.7 Å². The molecule has 0 bridgehead atoms. The minimum absolute atomic E-state index is 0.713. The molecule has 0 atom stereocenters. The van der Waals surface area contributed by atoms with Gasteiger partial charge in [0.1, 0.15) is 0 Å². The first kappa shape index (κ1) is 12.5. The van der Waals surface area contributed by atoms with E-state index in [2.05, 4.69) is 42.2 Å². The number of methoxy groups -OCH3 is 1. The average Bonchev–Trinajstić information content (AvgIpc) is 2.34. The van der Waals surface area contributed by atoms with Crippen molar-refractivity contribution in [1.82, 2.24) is 0 Å². The summed E-state index contributed by atoms with van der Waals surface area (Å²) in [5.41, 5.74) is 1.37. The molecule has 0 aliphatic carbocycles. The Morgan fingerprint density at radius 1 is 1.25 bits per heavy atom. The molecule has 0 amide bonds. The molecule has 1 heteroatoms. The highest BCUT2D eigenvalue weighted by atomic mass is 16.5. The van der Waals surface area contributed by atoms with E-state index < -0.39 is 0 Å². The molecule has 0 saturated carbocycles. The predicted octanol–water partition coefficient (Wildman–Crippen LogP) is 3.22. The average molecular weight is 214 g/mol. The van der Waals surface area contributed by atoms with Crippen molar-refractivity contribution in [2.75, 3.05) is 13.7 Å². The molecule has 84 valence electrons. The summed E-state index contributed by atoms with van der Waals surface area (Å²) in [6.45, 7) is 0.713. The molecule has 0 fully saturated rings. The van der Waals surface area contributed by atoms with E-state index in [0.717, 1.165) is 19.3 Å². The summed E-state index contributed by atoms with van der Waals surface area (Å²) in [4.78, 5) is 0. The van der Waals surface area contributed by atoms with Crippen LogP contribution < -0.4 is 0 Å². The second-order valence-corrected chi connectivity index (χ2v) is 3.49. The van der Waals surface area contributed by atoms with Crippen LogP contribution in [0.25, 0.3) is 0 Å². The largest absolute Gasteiger partial charge is 0.384 e. The first-order valence-electron chi connectivity index (χ1n) is 5.59. The Balaban J connectivity index is 2.15. The molecular weight excluding hydrogens is 196 g/mol. The van der Waals surface area contributed by atoms with Gasteiger partial charge in [0.05, 0.1) is 6.61 Å². The lowest BCUT2D eigenvalue weighted by Crippen LogP contribution is -1.83. The van der Waals surface area contributed by atoms with Crippen molar-refractivity contribution in [2.24, 2.45) is 0 Å². The minimum Gasteiger partial charge on any atom is -0.384 e. The van der Waals surface area contributed by atoms with Crippen LogP contribution in [0.3, 0.4) is 0 Å². The quantitative estimate of drug-likeness (QED) is 0.540. The van der Waals surface area contributed by atoms with E-state index in [0.29, 0.717) is 6.61 Å². The fourth-order valence-electron chi connectivity index (χ4n) is 1.32. The molecule has 1 aromatic rings. The highest BCUT2D eigenvalue weighted by molar-refractivity contribution is 5.18. The van der Waals surface area contributed by atoms with Crippen LogP contribution in [0.4, 0.5) is 0 Å². The Morgan fingerprint density at radius 3 is 2.81 bits per heavy atom. The van der Waals surface area contributed by atoms with E-state index in [1.54, 1.807) is 7.11 Å². The first-order chi connectivity index (χ1) is 7.93. The number of rotatable bonds is 5. The smallest absolute Gasteiger partial charge is 0.0571 e. The Kier molecular flexibility index (Phi) is 6.87. The summed E-state index contributed by atoms with van der Waals surface area (Å²) in [6, 6.07) is 10.5. The predicted molar refractivity (Wildman–Crippen MR) is 68.2 cm³/mol. The summed E-state index contributed by atoms with van der Waals surface area (Å²) in [6.07, 6.45) is 6.98. The van der Waals surface area contributed by atoms with Gasteiger partial charge in [-0.3, -0.25) is 0 Å². The van der Waals surface area contributed by atoms with Gasteiger partial charge < -0.3 is 4.74 Å². The Morgan fingerprint density at radius 2 is 2.06 bits per heavy atom. The fraction of sp³-hybridized carbons (Fsp3) is 0.333. The van der Waals surface area contributed by atoms with Crippen LogP contribution in [0.15, 0.2) is 42.5 Å². The third kappa shape index (κ3) is 6.06. The van der Waals surface area contributed by atoms with Crippen molar-refractivity contribution in [3.05, 3.63) is 48.0 Å². The molecule has 1 rings (SSSR count). The summed E-state index contributed by atoms with van der Waals surface area (Å²) < 4.78 is 4.90. The molecular formula is C15H18O. The van der Waals surface area contributed by atoms with E-state index in [9.17, 15) is 0 Å². The second-order valence-electron chi connectivity index (χ2n) is 3.49. The van der Waals surface area contributed by atoms with E-state index in [4.69, 9.17) is 4.74 Å². The van der Waals surface area contributed by atoms with Gasteiger partial charge in [0.25, 0.3) is 0 Å². The maximum absolute atomic E-state index is 4.90. The van der Waals surface area contributed by atoms with E-state index >= 15 is 0 Å². The molecule has 1 aromatic carbocycles. The molecule has 0 spiro atoms. The van der Waals surface area contributed by atoms with Crippen LogP contribution in [0.5, 0.6) is 0 Å². The highest BCUT2D eigenvalue weighted by Crippen LogP contribution is 2.02.